The number of carbonyl (C=O) groups excluding carboxylic acids is 1. The molecule has 0 saturated carbocycles. The summed E-state index contributed by atoms with van der Waals surface area (Å²) in [6, 6.07) is 5.06. The first kappa shape index (κ1) is 15.6. The summed E-state index contributed by atoms with van der Waals surface area (Å²) in [5.74, 6) is -0.536. The molecule has 1 aromatic carbocycles. The van der Waals surface area contributed by atoms with Crippen LogP contribution in [0.4, 0.5) is 13.2 Å². The van der Waals surface area contributed by atoms with Crippen molar-refractivity contribution in [3.05, 3.63) is 29.8 Å². The third-order valence-corrected chi connectivity index (χ3v) is 3.47. The number of piperidine rings is 1. The van der Waals surface area contributed by atoms with Crippen molar-refractivity contribution in [3.8, 4) is 5.75 Å². The number of nitrogens with zero attached hydrogens (tertiary/aromatic N) is 1. The van der Waals surface area contributed by atoms with Gasteiger partial charge in [0.05, 0.1) is 0 Å². The largest absolute Gasteiger partial charge is 0.573 e. The van der Waals surface area contributed by atoms with Crippen LogP contribution in [0, 0.1) is 5.92 Å². The summed E-state index contributed by atoms with van der Waals surface area (Å²) < 4.78 is 40.3. The Kier molecular flexibility index (Phi) is 4.72. The lowest BCUT2D eigenvalue weighted by Gasteiger charge is -2.31. The Hall–Kier alpha value is -1.76. The first-order valence-corrected chi connectivity index (χ1v) is 6.65. The van der Waals surface area contributed by atoms with E-state index >= 15 is 0 Å². The fourth-order valence-corrected chi connectivity index (χ4v) is 2.33. The highest BCUT2D eigenvalue weighted by Crippen LogP contribution is 2.25. The van der Waals surface area contributed by atoms with Crippen LogP contribution in [0.5, 0.6) is 5.75 Å². The van der Waals surface area contributed by atoms with Crippen LogP contribution < -0.4 is 4.74 Å². The molecular weight excluding hydrogens is 287 g/mol. The smallest absolute Gasteiger partial charge is 0.406 e. The first-order valence-electron chi connectivity index (χ1n) is 6.65. The van der Waals surface area contributed by atoms with Gasteiger partial charge in [0.1, 0.15) is 5.75 Å². The lowest BCUT2D eigenvalue weighted by Crippen LogP contribution is -2.39. The highest BCUT2D eigenvalue weighted by Gasteiger charge is 2.31. The summed E-state index contributed by atoms with van der Waals surface area (Å²) in [6.07, 6.45) is -3.39. The maximum atomic E-state index is 12.2. The van der Waals surface area contributed by atoms with Crippen molar-refractivity contribution in [1.29, 1.82) is 0 Å². The maximum absolute atomic E-state index is 12.2. The summed E-state index contributed by atoms with van der Waals surface area (Å²) in [6.45, 7) is 1.08. The zero-order chi connectivity index (χ0) is 15.5. The fourth-order valence-electron chi connectivity index (χ4n) is 2.33. The normalized spacial score (nSPS) is 16.9. The zero-order valence-electron chi connectivity index (χ0n) is 11.3. The second kappa shape index (κ2) is 6.34. The Balaban J connectivity index is 2.04. The van der Waals surface area contributed by atoms with Crippen molar-refractivity contribution >= 4 is 5.91 Å². The van der Waals surface area contributed by atoms with Crippen LogP contribution in [0.1, 0.15) is 23.2 Å². The molecule has 0 bridgehead atoms. The molecule has 116 valence electrons. The molecule has 0 unspecified atom stereocenters. The van der Waals surface area contributed by atoms with Crippen molar-refractivity contribution in [3.63, 3.8) is 0 Å². The number of hydrogen-bond acceptors (Lipinski definition) is 3. The van der Waals surface area contributed by atoms with Gasteiger partial charge >= 0.3 is 6.36 Å². The second-order valence-electron chi connectivity index (χ2n) is 4.99. The second-order valence-corrected chi connectivity index (χ2v) is 4.99. The zero-order valence-corrected chi connectivity index (χ0v) is 11.3. The van der Waals surface area contributed by atoms with Gasteiger partial charge in [0.15, 0.2) is 0 Å². The molecule has 0 atom stereocenters. The van der Waals surface area contributed by atoms with E-state index in [9.17, 15) is 18.0 Å². The molecule has 0 spiro atoms. The number of aliphatic hydroxyl groups excluding tert-OH is 1. The topological polar surface area (TPSA) is 49.8 Å². The number of carbonyl (C=O) groups is 1. The highest BCUT2D eigenvalue weighted by molar-refractivity contribution is 5.94. The monoisotopic (exact) mass is 303 g/mol. The van der Waals surface area contributed by atoms with E-state index in [1.54, 1.807) is 4.90 Å². The van der Waals surface area contributed by atoms with Gasteiger partial charge in [-0.15, -0.1) is 13.2 Å². The summed E-state index contributed by atoms with van der Waals surface area (Å²) in [7, 11) is 0. The van der Waals surface area contributed by atoms with Gasteiger partial charge in [0.2, 0.25) is 0 Å². The van der Waals surface area contributed by atoms with Crippen molar-refractivity contribution in [2.75, 3.05) is 19.7 Å². The third-order valence-electron chi connectivity index (χ3n) is 3.47. The molecule has 2 rings (SSSR count). The van der Waals surface area contributed by atoms with Crippen LogP contribution >= 0.6 is 0 Å². The minimum Gasteiger partial charge on any atom is -0.406 e. The quantitative estimate of drug-likeness (QED) is 0.933. The van der Waals surface area contributed by atoms with E-state index in [4.69, 9.17) is 5.11 Å². The Morgan fingerprint density at radius 2 is 2.00 bits per heavy atom. The van der Waals surface area contributed by atoms with E-state index in [1.165, 1.54) is 12.1 Å². The van der Waals surface area contributed by atoms with Crippen molar-refractivity contribution < 1.29 is 27.8 Å². The average Bonchev–Trinajstić information content (AvgIpc) is 2.45. The molecule has 4 nitrogen and oxygen atoms in total. The van der Waals surface area contributed by atoms with Crippen molar-refractivity contribution in [2.24, 2.45) is 5.92 Å². The molecule has 1 N–H and O–H groups in total. The molecule has 1 aliphatic heterocycles. The Bertz CT molecular complexity index is 496. The minimum absolute atomic E-state index is 0.0942. The number of rotatable bonds is 3. The van der Waals surface area contributed by atoms with Gasteiger partial charge in [-0.05, 0) is 37.0 Å². The Morgan fingerprint density at radius 1 is 1.33 bits per heavy atom. The number of hydrogen-bond donors (Lipinski definition) is 1. The van der Waals surface area contributed by atoms with Crippen molar-refractivity contribution in [1.82, 2.24) is 4.90 Å². The van der Waals surface area contributed by atoms with Crippen molar-refractivity contribution in [2.45, 2.75) is 19.2 Å². The number of benzene rings is 1. The van der Waals surface area contributed by atoms with Crippen LogP contribution in [0.15, 0.2) is 24.3 Å². The predicted molar refractivity (Wildman–Crippen MR) is 68.8 cm³/mol. The summed E-state index contributed by atoms with van der Waals surface area (Å²) in [5.41, 5.74) is 0.166. The Labute approximate surface area is 120 Å². The van der Waals surface area contributed by atoms with E-state index in [0.29, 0.717) is 25.9 Å². The number of ether oxygens (including phenoxy) is 1. The van der Waals surface area contributed by atoms with Crippen LogP contribution in [-0.2, 0) is 0 Å². The summed E-state index contributed by atoms with van der Waals surface area (Å²) in [5, 5.41) is 9.05. The number of aliphatic hydroxyl groups is 1. The lowest BCUT2D eigenvalue weighted by molar-refractivity contribution is -0.274. The van der Waals surface area contributed by atoms with Gasteiger partial charge in [-0.3, -0.25) is 4.79 Å². The van der Waals surface area contributed by atoms with E-state index in [-0.39, 0.29) is 24.0 Å². The average molecular weight is 303 g/mol. The number of alkyl halides is 3. The van der Waals surface area contributed by atoms with Crippen LogP contribution in [-0.4, -0.2) is 42.0 Å². The van der Waals surface area contributed by atoms with Gasteiger partial charge in [0.25, 0.3) is 5.91 Å². The van der Waals surface area contributed by atoms with Crippen LogP contribution in [0.3, 0.4) is 0 Å². The summed E-state index contributed by atoms with van der Waals surface area (Å²) >= 11 is 0. The van der Waals surface area contributed by atoms with Gasteiger partial charge in [-0.1, -0.05) is 6.07 Å². The van der Waals surface area contributed by atoms with Gasteiger partial charge in [-0.2, -0.15) is 0 Å². The standard InChI is InChI=1S/C14H16F3NO3/c15-14(16,17)21-12-3-1-2-11(8-12)13(20)18-6-4-10(9-19)5-7-18/h1-3,8,10,19H,4-7,9H2. The van der Waals surface area contributed by atoms with E-state index in [0.717, 1.165) is 12.1 Å². The highest BCUT2D eigenvalue weighted by atomic mass is 19.4. The molecule has 1 saturated heterocycles. The van der Waals surface area contributed by atoms with E-state index in [2.05, 4.69) is 4.74 Å². The van der Waals surface area contributed by atoms with Crippen LogP contribution in [0.25, 0.3) is 0 Å². The first-order chi connectivity index (χ1) is 9.89. The molecule has 21 heavy (non-hydrogen) atoms. The summed E-state index contributed by atoms with van der Waals surface area (Å²) in [4.78, 5) is 13.8. The molecule has 1 aromatic rings. The van der Waals surface area contributed by atoms with Gasteiger partial charge in [0, 0.05) is 25.3 Å². The molecule has 1 heterocycles. The maximum Gasteiger partial charge on any atom is 0.573 e. The number of likely N-dealkylation sites (tertiary alicyclic amines) is 1. The molecule has 1 aliphatic rings. The number of halogens is 3. The van der Waals surface area contributed by atoms with Crippen LogP contribution in [0.2, 0.25) is 0 Å². The molecule has 0 aromatic heterocycles. The molecule has 0 radical (unpaired) electrons. The van der Waals surface area contributed by atoms with E-state index in [1.807, 2.05) is 0 Å². The fraction of sp³-hybridized carbons (Fsp3) is 0.500. The molecule has 0 aliphatic carbocycles. The number of amides is 1. The van der Waals surface area contributed by atoms with E-state index < -0.39 is 12.1 Å². The Morgan fingerprint density at radius 3 is 2.57 bits per heavy atom. The predicted octanol–water partition coefficient (Wildman–Crippen LogP) is 2.43. The van der Waals surface area contributed by atoms with Gasteiger partial charge in [-0.25, -0.2) is 0 Å². The van der Waals surface area contributed by atoms with Gasteiger partial charge < -0.3 is 14.7 Å². The SMILES string of the molecule is O=C(c1cccc(OC(F)(F)F)c1)N1CCC(CO)CC1. The molecule has 7 heteroatoms. The molecular formula is C14H16F3NO3. The minimum atomic E-state index is -4.78. The molecule has 1 amide bonds. The third kappa shape index (κ3) is 4.35. The molecule has 1 fully saturated rings. The lowest BCUT2D eigenvalue weighted by atomic mass is 9.97.